The van der Waals surface area contributed by atoms with E-state index in [-0.39, 0.29) is 18.3 Å². The molecule has 0 bridgehead atoms. The molecule has 2 heterocycles. The summed E-state index contributed by atoms with van der Waals surface area (Å²) >= 11 is 0. The summed E-state index contributed by atoms with van der Waals surface area (Å²) in [5, 5.41) is 7.21. The number of nitrogens with two attached hydrogens (primary N) is 1. The maximum absolute atomic E-state index is 12.3. The summed E-state index contributed by atoms with van der Waals surface area (Å²) in [5.74, 6) is -0.122. The molecule has 1 aliphatic rings. The normalized spacial score (nSPS) is 16.4. The van der Waals surface area contributed by atoms with Crippen molar-refractivity contribution in [3.05, 3.63) is 48.3 Å². The average molecular weight is 337 g/mol. The lowest BCUT2D eigenvalue weighted by molar-refractivity contribution is -0.129. The third-order valence-corrected chi connectivity index (χ3v) is 3.95. The Hall–Kier alpha value is -1.89. The zero-order valence-electron chi connectivity index (χ0n) is 12.8. The van der Waals surface area contributed by atoms with Gasteiger partial charge in [-0.2, -0.15) is 5.10 Å². The van der Waals surface area contributed by atoms with Gasteiger partial charge in [0.15, 0.2) is 0 Å². The molecular weight excluding hydrogens is 316 g/mol. The zero-order chi connectivity index (χ0) is 15.4. The minimum atomic E-state index is -0.812. The smallest absolute Gasteiger partial charge is 0.240 e. The van der Waals surface area contributed by atoms with Gasteiger partial charge in [-0.25, -0.2) is 4.68 Å². The predicted molar refractivity (Wildman–Crippen MR) is 89.6 cm³/mol. The molecule has 0 spiro atoms. The van der Waals surface area contributed by atoms with Crippen molar-refractivity contribution in [2.75, 3.05) is 13.2 Å². The molecule has 0 aliphatic carbocycles. The summed E-state index contributed by atoms with van der Waals surface area (Å²) in [6.45, 7) is 1.50. The number of carbonyl (C=O) groups is 1. The Kier molecular flexibility index (Phi) is 5.76. The van der Waals surface area contributed by atoms with Crippen LogP contribution in [0.3, 0.4) is 0 Å². The number of hydrogen-bond donors (Lipinski definition) is 2. The Labute approximate surface area is 141 Å². The zero-order valence-corrected chi connectivity index (χ0v) is 13.6. The summed E-state index contributed by atoms with van der Waals surface area (Å²) in [7, 11) is 0. The van der Waals surface area contributed by atoms with Crippen LogP contribution in [0.15, 0.2) is 42.7 Å². The molecule has 1 aliphatic heterocycles. The monoisotopic (exact) mass is 336 g/mol. The number of nitrogens with zero attached hydrogens (tertiary/aromatic N) is 2. The second-order valence-electron chi connectivity index (χ2n) is 5.58. The van der Waals surface area contributed by atoms with Gasteiger partial charge in [0.25, 0.3) is 0 Å². The summed E-state index contributed by atoms with van der Waals surface area (Å²) in [5.41, 5.74) is 7.26. The molecule has 1 saturated heterocycles. The van der Waals surface area contributed by atoms with Gasteiger partial charge in [0.2, 0.25) is 5.91 Å². The van der Waals surface area contributed by atoms with E-state index in [9.17, 15) is 4.79 Å². The molecule has 0 radical (unpaired) electrons. The summed E-state index contributed by atoms with van der Waals surface area (Å²) in [6.07, 6.45) is 4.77. The van der Waals surface area contributed by atoms with E-state index in [4.69, 9.17) is 10.5 Å². The fraction of sp³-hybridized carbons (Fsp3) is 0.375. The van der Waals surface area contributed by atoms with Crippen molar-refractivity contribution in [2.24, 2.45) is 5.73 Å². The number of para-hydroxylation sites is 1. The van der Waals surface area contributed by atoms with Crippen molar-refractivity contribution in [1.82, 2.24) is 15.1 Å². The molecule has 0 saturated carbocycles. The van der Waals surface area contributed by atoms with Crippen molar-refractivity contribution in [1.29, 1.82) is 0 Å². The summed E-state index contributed by atoms with van der Waals surface area (Å²) < 4.78 is 7.04. The third kappa shape index (κ3) is 4.10. The van der Waals surface area contributed by atoms with Gasteiger partial charge in [-0.05, 0) is 25.0 Å². The van der Waals surface area contributed by atoms with E-state index in [1.165, 1.54) is 0 Å². The van der Waals surface area contributed by atoms with E-state index in [0.717, 1.165) is 11.3 Å². The van der Waals surface area contributed by atoms with Gasteiger partial charge in [-0.1, -0.05) is 18.2 Å². The Morgan fingerprint density at radius 2 is 2.00 bits per heavy atom. The predicted octanol–water partition coefficient (Wildman–Crippen LogP) is 1.42. The minimum Gasteiger partial charge on any atom is -0.381 e. The molecule has 1 amide bonds. The SMILES string of the molecule is Cl.NC1(C(=O)NCc2cnn(-c3ccccc3)c2)CCOCC1. The fourth-order valence-electron chi connectivity index (χ4n) is 2.49. The lowest BCUT2D eigenvalue weighted by atomic mass is 9.90. The van der Waals surface area contributed by atoms with Crippen LogP contribution < -0.4 is 11.1 Å². The molecule has 23 heavy (non-hydrogen) atoms. The number of ether oxygens (including phenoxy) is 1. The number of carbonyl (C=O) groups excluding carboxylic acids is 1. The molecule has 3 rings (SSSR count). The number of hydrogen-bond acceptors (Lipinski definition) is 4. The number of benzene rings is 1. The van der Waals surface area contributed by atoms with E-state index in [1.54, 1.807) is 10.9 Å². The second-order valence-corrected chi connectivity index (χ2v) is 5.58. The van der Waals surface area contributed by atoms with Gasteiger partial charge in [-0.3, -0.25) is 4.79 Å². The lowest BCUT2D eigenvalue weighted by Crippen LogP contribution is -2.56. The first-order chi connectivity index (χ1) is 10.7. The first kappa shape index (κ1) is 17.5. The van der Waals surface area contributed by atoms with Crippen LogP contribution in [0, 0.1) is 0 Å². The highest BCUT2D eigenvalue weighted by Crippen LogP contribution is 2.18. The highest BCUT2D eigenvalue weighted by molar-refractivity contribution is 5.86. The van der Waals surface area contributed by atoms with Crippen molar-refractivity contribution in [3.63, 3.8) is 0 Å². The maximum Gasteiger partial charge on any atom is 0.240 e. The molecular formula is C16H21ClN4O2. The van der Waals surface area contributed by atoms with Crippen molar-refractivity contribution < 1.29 is 9.53 Å². The number of amides is 1. The second kappa shape index (κ2) is 7.59. The van der Waals surface area contributed by atoms with Crippen LogP contribution in [0.2, 0.25) is 0 Å². The van der Waals surface area contributed by atoms with Crippen molar-refractivity contribution in [2.45, 2.75) is 24.9 Å². The summed E-state index contributed by atoms with van der Waals surface area (Å²) in [4.78, 5) is 12.3. The first-order valence-corrected chi connectivity index (χ1v) is 7.41. The molecule has 2 aromatic rings. The van der Waals surface area contributed by atoms with Gasteiger partial charge in [0.1, 0.15) is 0 Å². The number of aromatic nitrogens is 2. The molecule has 0 unspecified atom stereocenters. The Bertz CT molecular complexity index is 639. The molecule has 1 aromatic carbocycles. The average Bonchev–Trinajstić information content (AvgIpc) is 3.03. The molecule has 1 aromatic heterocycles. The standard InChI is InChI=1S/C16H20N4O2.ClH/c17-16(6-8-22-9-7-16)15(21)18-10-13-11-19-20(12-13)14-4-2-1-3-5-14;/h1-5,11-12H,6-10,17H2,(H,18,21);1H. The molecule has 0 atom stereocenters. The first-order valence-electron chi connectivity index (χ1n) is 7.41. The van der Waals surface area contributed by atoms with Gasteiger partial charge in [-0.15, -0.1) is 12.4 Å². The van der Waals surface area contributed by atoms with Gasteiger partial charge in [0.05, 0.1) is 17.4 Å². The van der Waals surface area contributed by atoms with Crippen LogP contribution in [-0.2, 0) is 16.1 Å². The van der Waals surface area contributed by atoms with Gasteiger partial charge in [0, 0.05) is 31.5 Å². The van der Waals surface area contributed by atoms with Crippen LogP contribution in [0.1, 0.15) is 18.4 Å². The van der Waals surface area contributed by atoms with E-state index < -0.39 is 5.54 Å². The third-order valence-electron chi connectivity index (χ3n) is 3.95. The highest BCUT2D eigenvalue weighted by Gasteiger charge is 2.35. The Morgan fingerprint density at radius 1 is 1.30 bits per heavy atom. The van der Waals surface area contributed by atoms with Crippen LogP contribution in [0.5, 0.6) is 0 Å². The molecule has 124 valence electrons. The van der Waals surface area contributed by atoms with E-state index in [2.05, 4.69) is 10.4 Å². The van der Waals surface area contributed by atoms with Crippen molar-refractivity contribution >= 4 is 18.3 Å². The molecule has 7 heteroatoms. The van der Waals surface area contributed by atoms with Gasteiger partial charge < -0.3 is 15.8 Å². The van der Waals surface area contributed by atoms with E-state index in [0.29, 0.717) is 32.6 Å². The fourth-order valence-corrected chi connectivity index (χ4v) is 2.49. The van der Waals surface area contributed by atoms with Crippen LogP contribution in [0.25, 0.3) is 5.69 Å². The number of nitrogens with one attached hydrogen (secondary N) is 1. The Balaban J connectivity index is 0.00000192. The minimum absolute atomic E-state index is 0. The van der Waals surface area contributed by atoms with E-state index in [1.807, 2.05) is 36.5 Å². The molecule has 1 fully saturated rings. The maximum atomic E-state index is 12.3. The topological polar surface area (TPSA) is 82.2 Å². The molecule has 3 N–H and O–H groups in total. The van der Waals surface area contributed by atoms with Crippen molar-refractivity contribution in [3.8, 4) is 5.69 Å². The quantitative estimate of drug-likeness (QED) is 0.884. The van der Waals surface area contributed by atoms with Crippen LogP contribution >= 0.6 is 12.4 Å². The van der Waals surface area contributed by atoms with Crippen LogP contribution in [0.4, 0.5) is 0 Å². The van der Waals surface area contributed by atoms with Gasteiger partial charge >= 0.3 is 0 Å². The molecule has 6 nitrogen and oxygen atoms in total. The highest BCUT2D eigenvalue weighted by atomic mass is 35.5. The number of halogens is 1. The van der Waals surface area contributed by atoms with E-state index >= 15 is 0 Å². The number of rotatable bonds is 4. The van der Waals surface area contributed by atoms with Crippen LogP contribution in [-0.4, -0.2) is 34.4 Å². The largest absolute Gasteiger partial charge is 0.381 e. The summed E-state index contributed by atoms with van der Waals surface area (Å²) in [6, 6.07) is 9.84. The Morgan fingerprint density at radius 3 is 2.70 bits per heavy atom. The lowest BCUT2D eigenvalue weighted by Gasteiger charge is -2.31.